The lowest BCUT2D eigenvalue weighted by atomic mass is 9.89. The highest BCUT2D eigenvalue weighted by Gasteiger charge is 2.68. The molecule has 0 bridgehead atoms. The van der Waals surface area contributed by atoms with Gasteiger partial charge in [-0.3, -0.25) is 4.79 Å². The summed E-state index contributed by atoms with van der Waals surface area (Å²) >= 11 is 0. The Labute approximate surface area is 272 Å². The van der Waals surface area contributed by atoms with Crippen LogP contribution in [0, 0.1) is 11.8 Å². The highest BCUT2D eigenvalue weighted by atomic mass is 16.9. The van der Waals surface area contributed by atoms with Crippen LogP contribution in [0.2, 0.25) is 0 Å². The molecule has 0 radical (unpaired) electrons. The number of fused-ring (bicyclic) bond motifs is 1. The smallest absolute Gasteiger partial charge is 0.336 e. The summed E-state index contributed by atoms with van der Waals surface area (Å²) in [5, 5.41) is 42.3. The first-order chi connectivity index (χ1) is 21.6. The Balaban J connectivity index is 2.01. The van der Waals surface area contributed by atoms with Gasteiger partial charge in [-0.15, -0.1) is 0 Å². The van der Waals surface area contributed by atoms with Gasteiger partial charge in [0.15, 0.2) is 24.3 Å². The van der Waals surface area contributed by atoms with E-state index in [-0.39, 0.29) is 24.3 Å². The van der Waals surface area contributed by atoms with Crippen molar-refractivity contribution in [3.8, 4) is 0 Å². The summed E-state index contributed by atoms with van der Waals surface area (Å²) in [6.07, 6.45) is 4.02. The van der Waals surface area contributed by atoms with E-state index in [1.54, 1.807) is 32.9 Å². The van der Waals surface area contributed by atoms with Gasteiger partial charge in [-0.05, 0) is 64.7 Å². The molecule has 2 fully saturated rings. The van der Waals surface area contributed by atoms with Crippen LogP contribution in [0.4, 0.5) is 0 Å². The van der Waals surface area contributed by atoms with Crippen LogP contribution in [0.3, 0.4) is 0 Å². The normalized spacial score (nSPS) is 40.6. The van der Waals surface area contributed by atoms with Crippen molar-refractivity contribution in [2.24, 2.45) is 11.8 Å². The highest BCUT2D eigenvalue weighted by molar-refractivity contribution is 5.89. The van der Waals surface area contributed by atoms with Crippen molar-refractivity contribution >= 4 is 11.9 Å². The van der Waals surface area contributed by atoms with Crippen LogP contribution in [-0.4, -0.2) is 93.8 Å². The first-order valence-corrected chi connectivity index (χ1v) is 16.1. The van der Waals surface area contributed by atoms with Gasteiger partial charge >= 0.3 is 11.9 Å². The molecule has 46 heavy (non-hydrogen) atoms. The molecule has 3 rings (SSSR count). The lowest BCUT2D eigenvalue weighted by molar-refractivity contribution is -0.283. The zero-order valence-corrected chi connectivity index (χ0v) is 28.2. The van der Waals surface area contributed by atoms with Crippen LogP contribution in [0.1, 0.15) is 74.7 Å². The van der Waals surface area contributed by atoms with Crippen LogP contribution in [-0.2, 0) is 33.3 Å². The van der Waals surface area contributed by atoms with Crippen LogP contribution >= 0.6 is 0 Å². The molecule has 0 saturated carbocycles. The van der Waals surface area contributed by atoms with Gasteiger partial charge in [0.1, 0.15) is 12.2 Å². The zero-order valence-electron chi connectivity index (χ0n) is 28.2. The number of epoxide rings is 1. The molecule has 10 atom stereocenters. The lowest BCUT2D eigenvalue weighted by Gasteiger charge is -2.38. The number of hydrogen-bond acceptors (Lipinski definition) is 11. The van der Waals surface area contributed by atoms with Crippen molar-refractivity contribution in [2.75, 3.05) is 6.61 Å². The molecule has 3 aliphatic rings. The standard InChI is InChI=1S/C35H52O11/c1-9-24-17-21(5)26(38)13-11-10-12-25(18-36)33(41)42-27(23(7)37)15-14-20(4)16-22(6)29(24)44-34-28(39)30(43-32(40)19(2)3)31-35(8,45-31)46-34/h10-12,14,16-17,19,23-24,26-31,34,36-39H,9,13,15,18H2,1-8H3/b11-10+,20-14+,21-17+,22-16+,25-12+. The minimum absolute atomic E-state index is 0.0253. The molecular formula is C35H52O11. The summed E-state index contributed by atoms with van der Waals surface area (Å²) < 4.78 is 29.5. The molecule has 0 aliphatic carbocycles. The summed E-state index contributed by atoms with van der Waals surface area (Å²) in [6.45, 7) is 13.7. The third-order valence-electron chi connectivity index (χ3n) is 8.55. The van der Waals surface area contributed by atoms with E-state index in [2.05, 4.69) is 0 Å². The second-order valence-corrected chi connectivity index (χ2v) is 12.9. The maximum atomic E-state index is 12.7. The summed E-state index contributed by atoms with van der Waals surface area (Å²) in [7, 11) is 0. The van der Waals surface area contributed by atoms with Crippen molar-refractivity contribution in [3.05, 3.63) is 58.7 Å². The Kier molecular flexibility index (Phi) is 13.5. The van der Waals surface area contributed by atoms with E-state index in [0.717, 1.165) is 11.1 Å². The van der Waals surface area contributed by atoms with Gasteiger partial charge < -0.3 is 44.1 Å². The maximum absolute atomic E-state index is 12.7. The molecule has 11 heteroatoms. The number of allylic oxidation sites excluding steroid dienone is 4. The Morgan fingerprint density at radius 2 is 1.80 bits per heavy atom. The van der Waals surface area contributed by atoms with Crippen LogP contribution < -0.4 is 0 Å². The predicted octanol–water partition coefficient (Wildman–Crippen LogP) is 3.56. The fraction of sp³-hybridized carbons (Fsp3) is 0.657. The van der Waals surface area contributed by atoms with Crippen molar-refractivity contribution in [3.63, 3.8) is 0 Å². The van der Waals surface area contributed by atoms with Gasteiger partial charge in [-0.1, -0.05) is 56.7 Å². The molecule has 11 nitrogen and oxygen atoms in total. The predicted molar refractivity (Wildman–Crippen MR) is 170 cm³/mol. The molecule has 10 unspecified atom stereocenters. The SMILES string of the molecule is CCC1/C=C(\C)C(O)C/C=C/C=C(\CO)C(=O)OC(C(C)O)C/C=C(C)/C=C(\C)C1OC1OC2(C)OC2C(OC(=O)C(C)C)C1O. The molecule has 0 amide bonds. The Bertz CT molecular complexity index is 1230. The fourth-order valence-electron chi connectivity index (χ4n) is 5.50. The average Bonchev–Trinajstić information content (AvgIpc) is 3.68. The maximum Gasteiger partial charge on any atom is 0.336 e. The van der Waals surface area contributed by atoms with Crippen LogP contribution in [0.5, 0.6) is 0 Å². The van der Waals surface area contributed by atoms with E-state index >= 15 is 0 Å². The van der Waals surface area contributed by atoms with Gasteiger partial charge in [0.25, 0.3) is 0 Å². The number of ether oxygens (including phenoxy) is 5. The van der Waals surface area contributed by atoms with Gasteiger partial charge in [0.05, 0.1) is 36.4 Å². The quantitative estimate of drug-likeness (QED) is 0.181. The third-order valence-corrected chi connectivity index (χ3v) is 8.55. The van der Waals surface area contributed by atoms with Crippen molar-refractivity contribution in [1.29, 1.82) is 0 Å². The van der Waals surface area contributed by atoms with Gasteiger partial charge in [-0.25, -0.2) is 4.79 Å². The van der Waals surface area contributed by atoms with Gasteiger partial charge in [0.2, 0.25) is 0 Å². The van der Waals surface area contributed by atoms with E-state index < -0.39 is 79.3 Å². The molecule has 0 aromatic heterocycles. The van der Waals surface area contributed by atoms with Gasteiger partial charge in [0, 0.05) is 12.3 Å². The number of cyclic esters (lactones) is 1. The van der Waals surface area contributed by atoms with Crippen LogP contribution in [0.15, 0.2) is 58.7 Å². The first kappa shape index (κ1) is 37.8. The van der Waals surface area contributed by atoms with E-state index in [4.69, 9.17) is 23.7 Å². The van der Waals surface area contributed by atoms with Crippen molar-refractivity contribution < 1.29 is 53.7 Å². The minimum Gasteiger partial charge on any atom is -0.456 e. The Hall–Kier alpha value is -2.64. The molecule has 0 aromatic carbocycles. The number of carbonyl (C=O) groups is 2. The molecule has 0 spiro atoms. The number of aliphatic hydroxyl groups excluding tert-OH is 4. The van der Waals surface area contributed by atoms with Crippen LogP contribution in [0.25, 0.3) is 0 Å². The first-order valence-electron chi connectivity index (χ1n) is 16.1. The Morgan fingerprint density at radius 1 is 1.11 bits per heavy atom. The van der Waals surface area contributed by atoms with E-state index in [1.807, 2.05) is 45.9 Å². The lowest BCUT2D eigenvalue weighted by Crippen LogP contribution is -2.55. The van der Waals surface area contributed by atoms with E-state index in [1.165, 1.54) is 13.0 Å². The van der Waals surface area contributed by atoms with E-state index in [9.17, 15) is 30.0 Å². The van der Waals surface area contributed by atoms with Gasteiger partial charge in [-0.2, -0.15) is 0 Å². The molecular weight excluding hydrogens is 596 g/mol. The highest BCUT2D eigenvalue weighted by Crippen LogP contribution is 2.48. The number of hydrogen-bond donors (Lipinski definition) is 4. The number of rotatable bonds is 7. The summed E-state index contributed by atoms with van der Waals surface area (Å²) in [4.78, 5) is 25.2. The monoisotopic (exact) mass is 648 g/mol. The summed E-state index contributed by atoms with van der Waals surface area (Å²) in [5.41, 5.74) is 2.31. The second-order valence-electron chi connectivity index (χ2n) is 12.9. The molecule has 0 aromatic rings. The molecule has 4 N–H and O–H groups in total. The fourth-order valence-corrected chi connectivity index (χ4v) is 5.50. The van der Waals surface area contributed by atoms with Crippen molar-refractivity contribution in [1.82, 2.24) is 0 Å². The second kappa shape index (κ2) is 16.5. The topological polar surface area (TPSA) is 165 Å². The number of carbonyl (C=O) groups excluding carboxylic acids is 2. The van der Waals surface area contributed by atoms with E-state index in [0.29, 0.717) is 12.0 Å². The third kappa shape index (κ3) is 9.70. The minimum atomic E-state index is -1.32. The molecule has 2 saturated heterocycles. The van der Waals surface area contributed by atoms with Crippen molar-refractivity contribution in [2.45, 2.75) is 129 Å². The molecule has 3 aliphatic heterocycles. The average molecular weight is 649 g/mol. The molecule has 258 valence electrons. The summed E-state index contributed by atoms with van der Waals surface area (Å²) in [6, 6.07) is 0. The Morgan fingerprint density at radius 3 is 2.41 bits per heavy atom. The number of aliphatic hydroxyl groups is 4. The molecule has 3 heterocycles. The summed E-state index contributed by atoms with van der Waals surface area (Å²) in [5.74, 6) is -2.95. The zero-order chi connectivity index (χ0) is 34.3. The number of esters is 2. The largest absolute Gasteiger partial charge is 0.456 e.